The van der Waals surface area contributed by atoms with E-state index in [1.165, 1.54) is 36.1 Å². The van der Waals surface area contributed by atoms with Gasteiger partial charge in [-0.2, -0.15) is 0 Å². The summed E-state index contributed by atoms with van der Waals surface area (Å²) in [7, 11) is 0. The van der Waals surface area contributed by atoms with Gasteiger partial charge in [0.1, 0.15) is 0 Å². The summed E-state index contributed by atoms with van der Waals surface area (Å²) in [5.74, 6) is -3.29. The van der Waals surface area contributed by atoms with Crippen molar-refractivity contribution < 1.29 is 24.6 Å². The zero-order valence-corrected chi connectivity index (χ0v) is 14.4. The van der Waals surface area contributed by atoms with Gasteiger partial charge in [0, 0.05) is 16.3 Å². The average Bonchev–Trinajstić information content (AvgIpc) is 2.87. The molecule has 6 nitrogen and oxygen atoms in total. The third kappa shape index (κ3) is 2.95. The number of anilines is 1. The molecule has 0 aromatic heterocycles. The topological polar surface area (TPSA) is 97.7 Å². The molecular formula is C19H13ClNO5-. The summed E-state index contributed by atoms with van der Waals surface area (Å²) in [4.78, 5) is 36.8. The third-order valence-corrected chi connectivity index (χ3v) is 4.40. The normalized spacial score (nSPS) is 16.9. The van der Waals surface area contributed by atoms with Crippen LogP contribution >= 0.6 is 11.6 Å². The smallest absolute Gasteiger partial charge is 0.335 e. The first-order chi connectivity index (χ1) is 12.3. The van der Waals surface area contributed by atoms with E-state index in [1.54, 1.807) is 24.3 Å². The van der Waals surface area contributed by atoms with Gasteiger partial charge < -0.3 is 10.2 Å². The van der Waals surface area contributed by atoms with E-state index in [9.17, 15) is 19.5 Å². The van der Waals surface area contributed by atoms with Crippen LogP contribution in [0.3, 0.4) is 0 Å². The second-order valence-corrected chi connectivity index (χ2v) is 6.22. The minimum Gasteiger partial charge on any atom is -0.868 e. The van der Waals surface area contributed by atoms with Crippen LogP contribution in [0.2, 0.25) is 5.02 Å². The van der Waals surface area contributed by atoms with Crippen LogP contribution in [-0.2, 0) is 9.59 Å². The largest absolute Gasteiger partial charge is 0.868 e. The summed E-state index contributed by atoms with van der Waals surface area (Å²) in [6, 6.07) is 11.1. The molecule has 0 aliphatic carbocycles. The van der Waals surface area contributed by atoms with Crippen molar-refractivity contribution in [2.75, 3.05) is 4.90 Å². The molecule has 1 atom stereocenters. The van der Waals surface area contributed by atoms with Crippen molar-refractivity contribution in [1.29, 1.82) is 0 Å². The number of rotatable bonds is 4. The second-order valence-electron chi connectivity index (χ2n) is 5.78. The van der Waals surface area contributed by atoms with Crippen molar-refractivity contribution >= 4 is 34.9 Å². The lowest BCUT2D eigenvalue weighted by Gasteiger charge is -2.27. The number of benzene rings is 2. The van der Waals surface area contributed by atoms with Crippen LogP contribution in [0.25, 0.3) is 0 Å². The molecule has 2 aromatic rings. The first-order valence-electron chi connectivity index (χ1n) is 7.65. The molecule has 1 aliphatic heterocycles. The fourth-order valence-corrected chi connectivity index (χ4v) is 3.07. The van der Waals surface area contributed by atoms with E-state index < -0.39 is 29.5 Å². The Morgan fingerprint density at radius 1 is 1.08 bits per heavy atom. The standard InChI is InChI=1S/C19H14ClNO5/c1-10(22)15-16(11-2-6-13(20)7-3-11)21(18(24)17(15)23)14-8-4-12(5-9-14)19(25)26/h2-9,16,23H,1H3,(H,25,26)/p-1/t16-/m1/s1. The molecule has 0 spiro atoms. The van der Waals surface area contributed by atoms with Gasteiger partial charge in [0.25, 0.3) is 0 Å². The molecule has 1 aliphatic rings. The Morgan fingerprint density at radius 2 is 1.65 bits per heavy atom. The van der Waals surface area contributed by atoms with Crippen LogP contribution in [0, 0.1) is 0 Å². The number of carboxylic acid groups (broad SMARTS) is 1. The molecule has 132 valence electrons. The quantitative estimate of drug-likeness (QED) is 0.890. The van der Waals surface area contributed by atoms with E-state index in [1.807, 2.05) is 0 Å². The number of carbonyl (C=O) groups is 3. The number of Topliss-reactive ketones (excluding diaryl/α,β-unsaturated/α-hetero) is 1. The molecule has 0 radical (unpaired) electrons. The predicted octanol–water partition coefficient (Wildman–Crippen LogP) is 2.33. The highest BCUT2D eigenvalue weighted by Crippen LogP contribution is 2.40. The average molecular weight is 371 g/mol. The van der Waals surface area contributed by atoms with Crippen molar-refractivity contribution in [3.05, 3.63) is 76.0 Å². The fraction of sp³-hybridized carbons (Fsp3) is 0.105. The molecule has 0 fully saturated rings. The number of hydrogen-bond donors (Lipinski definition) is 1. The number of halogens is 1. The highest BCUT2D eigenvalue weighted by molar-refractivity contribution is 6.30. The summed E-state index contributed by atoms with van der Waals surface area (Å²) in [5, 5.41) is 21.9. The zero-order valence-electron chi connectivity index (χ0n) is 13.6. The number of carboxylic acids is 1. The molecule has 0 saturated carbocycles. The summed E-state index contributed by atoms with van der Waals surface area (Å²) in [5.41, 5.74) is 0.802. The fourth-order valence-electron chi connectivity index (χ4n) is 2.94. The predicted molar refractivity (Wildman–Crippen MR) is 92.8 cm³/mol. The lowest BCUT2D eigenvalue weighted by molar-refractivity contribution is -0.298. The summed E-state index contributed by atoms with van der Waals surface area (Å²) in [6.45, 7) is 1.24. The monoisotopic (exact) mass is 370 g/mol. The number of amides is 1. The summed E-state index contributed by atoms with van der Waals surface area (Å²) in [6.07, 6.45) is 0. The third-order valence-electron chi connectivity index (χ3n) is 4.15. The molecule has 7 heteroatoms. The van der Waals surface area contributed by atoms with Crippen LogP contribution in [0.5, 0.6) is 0 Å². The van der Waals surface area contributed by atoms with Gasteiger partial charge in [-0.25, -0.2) is 4.79 Å². The van der Waals surface area contributed by atoms with Crippen LogP contribution in [0.4, 0.5) is 5.69 Å². The Hall–Kier alpha value is -3.12. The van der Waals surface area contributed by atoms with Crippen LogP contribution in [0.1, 0.15) is 28.9 Å². The van der Waals surface area contributed by atoms with E-state index in [2.05, 4.69) is 0 Å². The Kier molecular flexibility index (Phi) is 4.52. The number of nitrogens with zero attached hydrogens (tertiary/aromatic N) is 1. The molecule has 1 amide bonds. The SMILES string of the molecule is CC(=O)C1=C([O-])C(=O)N(c2ccc(C(=O)O)cc2)[C@@H]1c1ccc(Cl)cc1. The van der Waals surface area contributed by atoms with Crippen molar-refractivity contribution in [2.45, 2.75) is 13.0 Å². The molecule has 1 heterocycles. The van der Waals surface area contributed by atoms with E-state index in [0.717, 1.165) is 0 Å². The highest BCUT2D eigenvalue weighted by atomic mass is 35.5. The van der Waals surface area contributed by atoms with Gasteiger partial charge in [0.15, 0.2) is 5.78 Å². The molecule has 0 saturated heterocycles. The Labute approximate surface area is 153 Å². The molecule has 3 rings (SSSR count). The van der Waals surface area contributed by atoms with Gasteiger partial charge in [0.2, 0.25) is 5.91 Å². The van der Waals surface area contributed by atoms with E-state index in [-0.39, 0.29) is 11.1 Å². The number of ketones is 1. The maximum atomic E-state index is 12.6. The van der Waals surface area contributed by atoms with Crippen LogP contribution in [0.15, 0.2) is 59.9 Å². The van der Waals surface area contributed by atoms with E-state index in [4.69, 9.17) is 16.7 Å². The van der Waals surface area contributed by atoms with Crippen molar-refractivity contribution in [3.8, 4) is 0 Å². The first-order valence-corrected chi connectivity index (χ1v) is 8.03. The first kappa shape index (κ1) is 17.7. The van der Waals surface area contributed by atoms with Crippen molar-refractivity contribution in [3.63, 3.8) is 0 Å². The lowest BCUT2D eigenvalue weighted by atomic mass is 9.96. The maximum Gasteiger partial charge on any atom is 0.335 e. The van der Waals surface area contributed by atoms with Gasteiger partial charge in [-0.05, 0) is 54.6 Å². The number of carbonyl (C=O) groups excluding carboxylic acids is 2. The number of hydrogen-bond acceptors (Lipinski definition) is 4. The second kappa shape index (κ2) is 6.65. The highest BCUT2D eigenvalue weighted by Gasteiger charge is 2.38. The Morgan fingerprint density at radius 3 is 2.15 bits per heavy atom. The van der Waals surface area contributed by atoms with Crippen molar-refractivity contribution in [1.82, 2.24) is 0 Å². The van der Waals surface area contributed by atoms with E-state index in [0.29, 0.717) is 16.3 Å². The minimum absolute atomic E-state index is 0.0468. The summed E-state index contributed by atoms with van der Waals surface area (Å²) >= 11 is 5.90. The zero-order chi connectivity index (χ0) is 19.0. The summed E-state index contributed by atoms with van der Waals surface area (Å²) < 4.78 is 0. The van der Waals surface area contributed by atoms with Crippen LogP contribution < -0.4 is 10.0 Å². The Balaban J connectivity index is 2.13. The van der Waals surface area contributed by atoms with Crippen molar-refractivity contribution in [2.24, 2.45) is 0 Å². The van der Waals surface area contributed by atoms with Gasteiger partial charge in [0.05, 0.1) is 11.6 Å². The van der Waals surface area contributed by atoms with Crippen LogP contribution in [-0.4, -0.2) is 22.8 Å². The number of aromatic carboxylic acids is 1. The molecule has 1 N–H and O–H groups in total. The van der Waals surface area contributed by atoms with Gasteiger partial charge in [-0.15, -0.1) is 0 Å². The van der Waals surface area contributed by atoms with Gasteiger partial charge in [-0.3, -0.25) is 14.5 Å². The maximum absolute atomic E-state index is 12.6. The van der Waals surface area contributed by atoms with Gasteiger partial charge in [-0.1, -0.05) is 23.7 Å². The molecule has 2 aromatic carbocycles. The minimum atomic E-state index is -1.11. The lowest BCUT2D eigenvalue weighted by Crippen LogP contribution is -2.32. The Bertz CT molecular complexity index is 931. The molecular weight excluding hydrogens is 358 g/mol. The van der Waals surface area contributed by atoms with Gasteiger partial charge >= 0.3 is 5.97 Å². The molecule has 0 bridgehead atoms. The molecule has 26 heavy (non-hydrogen) atoms. The molecule has 0 unspecified atom stereocenters. The van der Waals surface area contributed by atoms with E-state index >= 15 is 0 Å².